The van der Waals surface area contributed by atoms with Crippen molar-refractivity contribution >= 4 is 23.5 Å². The average molecular weight is 570 g/mol. The van der Waals surface area contributed by atoms with E-state index in [2.05, 4.69) is 16.0 Å². The summed E-state index contributed by atoms with van der Waals surface area (Å²) in [5.41, 5.74) is 2.71. The van der Waals surface area contributed by atoms with Crippen molar-refractivity contribution in [2.75, 3.05) is 33.8 Å². The van der Waals surface area contributed by atoms with E-state index in [4.69, 9.17) is 18.9 Å². The Morgan fingerprint density at radius 1 is 0.951 bits per heavy atom. The van der Waals surface area contributed by atoms with E-state index in [1.165, 1.54) is 41.2 Å². The standard InChI is InChI=1S/C30H39N3O8/c1-15(2)26(29(36)31-16(3)30(37)41-8)33-22-12-10-19-20(14-23(22)35)21(32-17(4)34)11-9-18-13-24(38-5)27(39-6)28(40-7)25(18)19/h10,12-16,21,26H,9,11H2,1-8H3,(H,31,36)(H,32,34)(H,33,35)/t16-,21-,26-/m1/s1. The van der Waals surface area contributed by atoms with Crippen LogP contribution in [-0.4, -0.2) is 58.3 Å². The number of amides is 2. The van der Waals surface area contributed by atoms with Crippen LogP contribution in [0.5, 0.6) is 17.2 Å². The summed E-state index contributed by atoms with van der Waals surface area (Å²) >= 11 is 0. The van der Waals surface area contributed by atoms with Crippen LogP contribution in [0.25, 0.3) is 11.1 Å². The second-order valence-electron chi connectivity index (χ2n) is 10.2. The van der Waals surface area contributed by atoms with Crippen molar-refractivity contribution in [3.05, 3.63) is 45.6 Å². The van der Waals surface area contributed by atoms with E-state index in [9.17, 15) is 19.2 Å². The molecule has 11 nitrogen and oxygen atoms in total. The Morgan fingerprint density at radius 3 is 2.20 bits per heavy atom. The van der Waals surface area contributed by atoms with Crippen molar-refractivity contribution in [3.8, 4) is 28.4 Å². The van der Waals surface area contributed by atoms with E-state index in [0.29, 0.717) is 41.2 Å². The number of nitrogens with one attached hydrogen (secondary N) is 3. The number of carbonyl (C=O) groups excluding carboxylic acids is 3. The molecule has 11 heteroatoms. The van der Waals surface area contributed by atoms with Crippen molar-refractivity contribution in [3.63, 3.8) is 0 Å². The molecular formula is C30H39N3O8. The summed E-state index contributed by atoms with van der Waals surface area (Å²) in [5.74, 6) is -0.150. The van der Waals surface area contributed by atoms with Crippen molar-refractivity contribution in [2.24, 2.45) is 5.92 Å². The van der Waals surface area contributed by atoms with Gasteiger partial charge in [-0.25, -0.2) is 4.79 Å². The Balaban J connectivity index is 2.21. The third kappa shape index (κ3) is 6.72. The first-order chi connectivity index (χ1) is 19.5. The highest BCUT2D eigenvalue weighted by atomic mass is 16.5. The van der Waals surface area contributed by atoms with Crippen LogP contribution >= 0.6 is 0 Å². The smallest absolute Gasteiger partial charge is 0.328 e. The van der Waals surface area contributed by atoms with Crippen molar-refractivity contribution in [1.29, 1.82) is 0 Å². The summed E-state index contributed by atoms with van der Waals surface area (Å²) in [7, 11) is 5.84. The molecule has 222 valence electrons. The summed E-state index contributed by atoms with van der Waals surface area (Å²) in [6, 6.07) is 4.60. The SMILES string of the molecule is COC(=O)[C@@H](C)NC(=O)[C@H](Nc1ccc2c(cc1=O)[C@H](NC(C)=O)CCc1cc(OC)c(OC)c(OC)c1-2)C(C)C. The second kappa shape index (κ2) is 13.4. The summed E-state index contributed by atoms with van der Waals surface area (Å²) < 4.78 is 21.7. The molecule has 0 bridgehead atoms. The zero-order chi connectivity index (χ0) is 30.4. The minimum atomic E-state index is -0.862. The highest BCUT2D eigenvalue weighted by Gasteiger charge is 2.30. The molecule has 0 saturated heterocycles. The monoisotopic (exact) mass is 569 g/mol. The van der Waals surface area contributed by atoms with Gasteiger partial charge in [0.15, 0.2) is 11.5 Å². The highest BCUT2D eigenvalue weighted by molar-refractivity contribution is 5.89. The van der Waals surface area contributed by atoms with Gasteiger partial charge in [-0.3, -0.25) is 14.4 Å². The van der Waals surface area contributed by atoms with Crippen molar-refractivity contribution in [1.82, 2.24) is 10.6 Å². The van der Waals surface area contributed by atoms with Crippen molar-refractivity contribution in [2.45, 2.75) is 58.7 Å². The molecule has 0 aliphatic heterocycles. The zero-order valence-corrected chi connectivity index (χ0v) is 24.8. The molecule has 0 heterocycles. The highest BCUT2D eigenvalue weighted by Crippen LogP contribution is 2.50. The van der Waals surface area contributed by atoms with Crippen LogP contribution in [0.4, 0.5) is 5.69 Å². The first kappa shape index (κ1) is 31.3. The van der Waals surface area contributed by atoms with E-state index in [1.54, 1.807) is 19.2 Å². The lowest BCUT2D eigenvalue weighted by Crippen LogP contribution is -2.49. The number of fused-ring (bicyclic) bond motifs is 3. The number of carbonyl (C=O) groups is 3. The molecule has 0 fully saturated rings. The second-order valence-corrected chi connectivity index (χ2v) is 10.2. The van der Waals surface area contributed by atoms with Crippen molar-refractivity contribution < 1.29 is 33.3 Å². The number of methoxy groups -OCH3 is 4. The molecule has 1 aliphatic rings. The van der Waals surface area contributed by atoms with Gasteiger partial charge in [0.1, 0.15) is 12.1 Å². The largest absolute Gasteiger partial charge is 0.493 e. The maximum Gasteiger partial charge on any atom is 0.328 e. The fourth-order valence-electron chi connectivity index (χ4n) is 5.07. The lowest BCUT2D eigenvalue weighted by atomic mass is 9.95. The predicted octanol–water partition coefficient (Wildman–Crippen LogP) is 2.98. The Labute approximate surface area is 239 Å². The molecule has 2 aromatic carbocycles. The van der Waals surface area contributed by atoms with Gasteiger partial charge in [0.25, 0.3) is 0 Å². The van der Waals surface area contributed by atoms with Crippen LogP contribution < -0.4 is 35.6 Å². The summed E-state index contributed by atoms with van der Waals surface area (Å²) in [5, 5.41) is 8.69. The fraction of sp³-hybridized carbons (Fsp3) is 0.467. The fourth-order valence-corrected chi connectivity index (χ4v) is 5.07. The topological polar surface area (TPSA) is 141 Å². The van der Waals surface area contributed by atoms with Crippen LogP contribution in [0.1, 0.15) is 51.3 Å². The van der Waals surface area contributed by atoms with Gasteiger partial charge in [0.05, 0.1) is 40.2 Å². The van der Waals surface area contributed by atoms with Gasteiger partial charge in [0.2, 0.25) is 23.0 Å². The maximum absolute atomic E-state index is 13.6. The number of benzene rings is 1. The number of ether oxygens (including phenoxy) is 4. The van der Waals surface area contributed by atoms with Gasteiger partial charge in [-0.2, -0.15) is 0 Å². The molecule has 3 N–H and O–H groups in total. The molecule has 1 aliphatic carbocycles. The van der Waals surface area contributed by atoms with E-state index >= 15 is 0 Å². The number of aryl methyl sites for hydroxylation is 1. The van der Waals surface area contributed by atoms with Crippen LogP contribution in [-0.2, 0) is 25.5 Å². The molecule has 0 aromatic heterocycles. The van der Waals surface area contributed by atoms with Crippen LogP contribution in [0, 0.1) is 5.92 Å². The third-order valence-electron chi connectivity index (χ3n) is 7.09. The predicted molar refractivity (Wildman–Crippen MR) is 155 cm³/mol. The molecule has 0 saturated carbocycles. The Bertz CT molecular complexity index is 1370. The van der Waals surface area contributed by atoms with E-state index in [1.807, 2.05) is 19.9 Å². The van der Waals surface area contributed by atoms with Gasteiger partial charge >= 0.3 is 5.97 Å². The number of anilines is 1. The van der Waals surface area contributed by atoms with Crippen LogP contribution in [0.3, 0.4) is 0 Å². The Morgan fingerprint density at radius 2 is 1.63 bits per heavy atom. The number of hydrogen-bond donors (Lipinski definition) is 3. The molecule has 3 atom stereocenters. The van der Waals surface area contributed by atoms with Gasteiger partial charge in [0, 0.05) is 12.5 Å². The third-order valence-corrected chi connectivity index (χ3v) is 7.09. The van der Waals surface area contributed by atoms with Crippen LogP contribution in [0.15, 0.2) is 29.1 Å². The molecule has 2 aromatic rings. The minimum absolute atomic E-state index is 0.181. The molecule has 3 rings (SSSR count). The Kier molecular flexibility index (Phi) is 10.2. The van der Waals surface area contributed by atoms with E-state index < -0.39 is 30.0 Å². The number of hydrogen-bond acceptors (Lipinski definition) is 9. The lowest BCUT2D eigenvalue weighted by molar-refractivity contribution is -0.144. The lowest BCUT2D eigenvalue weighted by Gasteiger charge is -2.23. The van der Waals surface area contributed by atoms with E-state index in [0.717, 1.165) is 11.1 Å². The van der Waals surface area contributed by atoms with Gasteiger partial charge in [-0.05, 0) is 60.6 Å². The summed E-state index contributed by atoms with van der Waals surface area (Å²) in [6.45, 7) is 6.61. The van der Waals surface area contributed by atoms with Gasteiger partial charge < -0.3 is 34.9 Å². The molecule has 41 heavy (non-hydrogen) atoms. The maximum atomic E-state index is 13.6. The average Bonchev–Trinajstić information content (AvgIpc) is 3.17. The van der Waals surface area contributed by atoms with Crippen LogP contribution in [0.2, 0.25) is 0 Å². The number of esters is 1. The first-order valence-corrected chi connectivity index (χ1v) is 13.4. The molecular weight excluding hydrogens is 530 g/mol. The molecule has 0 spiro atoms. The zero-order valence-electron chi connectivity index (χ0n) is 24.8. The normalized spacial score (nSPS) is 15.3. The molecule has 0 unspecified atom stereocenters. The van der Waals surface area contributed by atoms with E-state index in [-0.39, 0.29) is 22.9 Å². The van der Waals surface area contributed by atoms with Gasteiger partial charge in [-0.15, -0.1) is 0 Å². The molecule has 0 radical (unpaired) electrons. The number of rotatable bonds is 10. The minimum Gasteiger partial charge on any atom is -0.493 e. The quantitative estimate of drug-likeness (QED) is 0.368. The summed E-state index contributed by atoms with van der Waals surface area (Å²) in [4.78, 5) is 50.7. The van der Waals surface area contributed by atoms with Gasteiger partial charge in [-0.1, -0.05) is 19.9 Å². The Hall–Kier alpha value is -4.28. The summed E-state index contributed by atoms with van der Waals surface area (Å²) in [6.07, 6.45) is 1.09. The first-order valence-electron chi connectivity index (χ1n) is 13.4. The molecule has 2 amide bonds.